The van der Waals surface area contributed by atoms with Crippen LogP contribution in [0.2, 0.25) is 0 Å². The average Bonchev–Trinajstić information content (AvgIpc) is 3.74. The van der Waals surface area contributed by atoms with E-state index in [0.29, 0.717) is 35.0 Å². The van der Waals surface area contributed by atoms with E-state index >= 15 is 0 Å². The lowest BCUT2D eigenvalue weighted by molar-refractivity contribution is -0.127. The number of nitrogens with zero attached hydrogens (tertiary/aromatic N) is 6. The van der Waals surface area contributed by atoms with Crippen LogP contribution < -0.4 is 11.1 Å². The summed E-state index contributed by atoms with van der Waals surface area (Å²) in [5.74, 6) is 1.36. The van der Waals surface area contributed by atoms with E-state index in [1.165, 1.54) is 12.8 Å². The molecule has 0 aliphatic carbocycles. The molecule has 0 saturated carbocycles. The second-order valence-corrected chi connectivity index (χ2v) is 10.2. The molecule has 10 nitrogen and oxygen atoms in total. The number of likely N-dealkylation sites (tertiary alicyclic amines) is 2. The zero-order chi connectivity index (χ0) is 27.5. The summed E-state index contributed by atoms with van der Waals surface area (Å²) in [6.07, 6.45) is 13.0. The van der Waals surface area contributed by atoms with Crippen LogP contribution in [0.1, 0.15) is 47.9 Å². The van der Waals surface area contributed by atoms with Gasteiger partial charge in [-0.15, -0.1) is 0 Å². The third kappa shape index (κ3) is 5.17. The Morgan fingerprint density at radius 1 is 1.00 bits per heavy atom. The van der Waals surface area contributed by atoms with Crippen molar-refractivity contribution in [3.8, 4) is 11.3 Å². The van der Waals surface area contributed by atoms with E-state index in [1.807, 2.05) is 39.8 Å². The Morgan fingerprint density at radius 2 is 1.82 bits per heavy atom. The molecular formula is C30H32N8O2. The van der Waals surface area contributed by atoms with Crippen molar-refractivity contribution in [2.75, 3.05) is 37.2 Å². The number of amides is 2. The first-order valence-electron chi connectivity index (χ1n) is 13.7. The first-order valence-corrected chi connectivity index (χ1v) is 13.7. The van der Waals surface area contributed by atoms with Crippen LogP contribution in [0.15, 0.2) is 73.2 Å². The summed E-state index contributed by atoms with van der Waals surface area (Å²) in [6, 6.07) is 12.4. The summed E-state index contributed by atoms with van der Waals surface area (Å²) in [7, 11) is 0. The van der Waals surface area contributed by atoms with Gasteiger partial charge in [0.05, 0.1) is 6.04 Å². The van der Waals surface area contributed by atoms with E-state index in [1.54, 1.807) is 42.7 Å². The lowest BCUT2D eigenvalue weighted by Crippen LogP contribution is -2.30. The maximum absolute atomic E-state index is 13.2. The summed E-state index contributed by atoms with van der Waals surface area (Å²) in [6.45, 7) is 3.68. The fourth-order valence-corrected chi connectivity index (χ4v) is 5.59. The second-order valence-electron chi connectivity index (χ2n) is 10.2. The highest BCUT2D eigenvalue weighted by molar-refractivity contribution is 6.04. The summed E-state index contributed by atoms with van der Waals surface area (Å²) in [5.41, 5.74) is 9.01. The molecule has 10 heteroatoms. The number of carbonyl (C=O) groups is 2. The molecule has 2 aliphatic rings. The minimum absolute atomic E-state index is 0.00490. The van der Waals surface area contributed by atoms with Gasteiger partial charge in [0.25, 0.3) is 5.91 Å². The van der Waals surface area contributed by atoms with Crippen molar-refractivity contribution in [1.29, 1.82) is 0 Å². The van der Waals surface area contributed by atoms with Crippen LogP contribution in [0.5, 0.6) is 0 Å². The normalized spacial score (nSPS) is 17.7. The minimum Gasteiger partial charge on any atom is -0.382 e. The predicted octanol–water partition coefficient (Wildman–Crippen LogP) is 3.94. The number of nitrogens with one attached hydrogen (secondary N) is 1. The van der Waals surface area contributed by atoms with Gasteiger partial charge in [-0.25, -0.2) is 15.0 Å². The standard InChI is InChI=1S/C30H32N8O2/c31-28-27-26(21-10-12-22(13-11-21)30(40)34-24-8-1-2-14-32-24)35-29(38(27)20-15-33-28)23-7-5-19-37(23)25(39)9-6-18-36-16-3-4-17-36/h1-2,6,8-15,20,23H,3-5,7,16-19H2,(H2,31,33)(H,32,34,40). The molecule has 0 bridgehead atoms. The van der Waals surface area contributed by atoms with E-state index in [4.69, 9.17) is 10.7 Å². The molecular weight excluding hydrogens is 504 g/mol. The summed E-state index contributed by atoms with van der Waals surface area (Å²) in [5, 5.41) is 2.80. The number of carbonyl (C=O) groups excluding carboxylic acids is 2. The zero-order valence-corrected chi connectivity index (χ0v) is 22.2. The fraction of sp³-hybridized carbons (Fsp3) is 0.300. The van der Waals surface area contributed by atoms with Gasteiger partial charge in [0, 0.05) is 48.9 Å². The molecule has 6 rings (SSSR count). The van der Waals surface area contributed by atoms with Crippen molar-refractivity contribution < 1.29 is 9.59 Å². The van der Waals surface area contributed by atoms with Gasteiger partial charge in [-0.05, 0) is 63.0 Å². The summed E-state index contributed by atoms with van der Waals surface area (Å²) >= 11 is 0. The number of nitrogens with two attached hydrogens (primary N) is 1. The third-order valence-electron chi connectivity index (χ3n) is 7.59. The number of benzene rings is 1. The number of aromatic nitrogens is 4. The van der Waals surface area contributed by atoms with Crippen LogP contribution >= 0.6 is 0 Å². The van der Waals surface area contributed by atoms with Crippen LogP contribution in [-0.4, -0.2) is 67.1 Å². The molecule has 1 unspecified atom stereocenters. The molecule has 2 aliphatic heterocycles. The molecule has 0 radical (unpaired) electrons. The highest BCUT2D eigenvalue weighted by Crippen LogP contribution is 2.36. The number of hydrogen-bond acceptors (Lipinski definition) is 7. The Kier molecular flexibility index (Phi) is 7.24. The molecule has 1 atom stereocenters. The monoisotopic (exact) mass is 536 g/mol. The van der Waals surface area contributed by atoms with E-state index < -0.39 is 0 Å². The van der Waals surface area contributed by atoms with Crippen molar-refractivity contribution in [3.63, 3.8) is 0 Å². The zero-order valence-electron chi connectivity index (χ0n) is 22.2. The van der Waals surface area contributed by atoms with Crippen molar-refractivity contribution in [3.05, 3.63) is 84.6 Å². The topological polar surface area (TPSA) is 122 Å². The number of hydrogen-bond donors (Lipinski definition) is 2. The van der Waals surface area contributed by atoms with Gasteiger partial charge in [0.2, 0.25) is 5.91 Å². The van der Waals surface area contributed by atoms with Crippen molar-refractivity contribution >= 4 is 29.0 Å². The number of anilines is 2. The van der Waals surface area contributed by atoms with Crippen LogP contribution in [0.4, 0.5) is 11.6 Å². The smallest absolute Gasteiger partial charge is 0.256 e. The van der Waals surface area contributed by atoms with Crippen LogP contribution in [0.25, 0.3) is 16.8 Å². The van der Waals surface area contributed by atoms with Gasteiger partial charge >= 0.3 is 0 Å². The molecule has 3 N–H and O–H groups in total. The Hall–Kier alpha value is -4.57. The highest BCUT2D eigenvalue weighted by atomic mass is 16.2. The van der Waals surface area contributed by atoms with Gasteiger partial charge in [-0.1, -0.05) is 24.3 Å². The molecule has 5 heterocycles. The van der Waals surface area contributed by atoms with Gasteiger partial charge in [-0.3, -0.25) is 18.9 Å². The maximum Gasteiger partial charge on any atom is 0.256 e. The average molecular weight is 537 g/mol. The number of rotatable bonds is 7. The minimum atomic E-state index is -0.250. The number of imidazole rings is 1. The van der Waals surface area contributed by atoms with Crippen molar-refractivity contribution in [2.24, 2.45) is 0 Å². The largest absolute Gasteiger partial charge is 0.382 e. The first-order chi connectivity index (χ1) is 19.6. The molecule has 2 fully saturated rings. The first kappa shape index (κ1) is 25.7. The molecule has 4 aromatic rings. The molecule has 204 valence electrons. The van der Waals surface area contributed by atoms with Gasteiger partial charge in [-0.2, -0.15) is 0 Å². The van der Waals surface area contributed by atoms with E-state index in [0.717, 1.165) is 43.9 Å². The van der Waals surface area contributed by atoms with E-state index in [-0.39, 0.29) is 17.9 Å². The van der Waals surface area contributed by atoms with E-state index in [9.17, 15) is 9.59 Å². The van der Waals surface area contributed by atoms with Crippen LogP contribution in [0.3, 0.4) is 0 Å². The molecule has 2 amide bonds. The Bertz CT molecular complexity index is 1540. The SMILES string of the molecule is Nc1nccn2c(C3CCCN3C(=O)C=CCN3CCCC3)nc(-c3ccc(C(=O)Nc4ccccn4)cc3)c12. The number of nitrogen functional groups attached to an aromatic ring is 1. The maximum atomic E-state index is 13.2. The lowest BCUT2D eigenvalue weighted by Gasteiger charge is -2.22. The Labute approximate surface area is 232 Å². The lowest BCUT2D eigenvalue weighted by atomic mass is 10.1. The number of pyridine rings is 1. The van der Waals surface area contributed by atoms with Crippen molar-refractivity contribution in [1.82, 2.24) is 29.2 Å². The van der Waals surface area contributed by atoms with Crippen LogP contribution in [0, 0.1) is 0 Å². The second kappa shape index (κ2) is 11.3. The third-order valence-corrected chi connectivity index (χ3v) is 7.59. The van der Waals surface area contributed by atoms with Gasteiger partial charge in [0.1, 0.15) is 28.7 Å². The predicted molar refractivity (Wildman–Crippen MR) is 154 cm³/mol. The molecule has 0 spiro atoms. The Balaban J connectivity index is 1.26. The van der Waals surface area contributed by atoms with Gasteiger partial charge in [0.15, 0.2) is 0 Å². The molecule has 40 heavy (non-hydrogen) atoms. The summed E-state index contributed by atoms with van der Waals surface area (Å²) in [4.78, 5) is 43.7. The van der Waals surface area contributed by atoms with E-state index in [2.05, 4.69) is 20.2 Å². The van der Waals surface area contributed by atoms with Crippen LogP contribution in [-0.2, 0) is 4.79 Å². The fourth-order valence-electron chi connectivity index (χ4n) is 5.59. The Morgan fingerprint density at radius 3 is 2.60 bits per heavy atom. The van der Waals surface area contributed by atoms with Gasteiger partial charge < -0.3 is 16.0 Å². The molecule has 3 aromatic heterocycles. The quantitative estimate of drug-likeness (QED) is 0.343. The van der Waals surface area contributed by atoms with Crippen molar-refractivity contribution in [2.45, 2.75) is 31.7 Å². The summed E-state index contributed by atoms with van der Waals surface area (Å²) < 4.78 is 1.95. The molecule has 1 aromatic carbocycles. The number of fused-ring (bicyclic) bond motifs is 1. The molecule has 2 saturated heterocycles. The highest BCUT2D eigenvalue weighted by Gasteiger charge is 2.33.